The van der Waals surface area contributed by atoms with Crippen molar-refractivity contribution in [3.8, 4) is 0 Å². The highest BCUT2D eigenvalue weighted by atomic mass is 127. The number of carbonyl (C=O) groups is 1. The second-order valence-electron chi connectivity index (χ2n) is 4.22. The normalized spacial score (nSPS) is 23.7. The molecule has 0 bridgehead atoms. The van der Waals surface area contributed by atoms with Gasteiger partial charge in [-0.2, -0.15) is 0 Å². The van der Waals surface area contributed by atoms with Crippen molar-refractivity contribution < 1.29 is 4.79 Å². The number of nitrogens with one attached hydrogen (secondary N) is 1. The molecule has 1 aromatic carbocycles. The van der Waals surface area contributed by atoms with Crippen molar-refractivity contribution in [3.05, 3.63) is 32.9 Å². The third-order valence-corrected chi connectivity index (χ3v) is 3.77. The second kappa shape index (κ2) is 4.12. The topological polar surface area (TPSA) is 29.1 Å². The van der Waals surface area contributed by atoms with Crippen molar-refractivity contribution >= 4 is 28.5 Å². The first kappa shape index (κ1) is 10.9. The molecule has 3 heteroatoms. The minimum atomic E-state index is 0.0758. The van der Waals surface area contributed by atoms with Crippen LogP contribution < -0.4 is 5.32 Å². The molecular formula is C12H14INO. The zero-order chi connectivity index (χ0) is 11.0. The maximum absolute atomic E-state index is 12.0. The van der Waals surface area contributed by atoms with E-state index >= 15 is 0 Å². The summed E-state index contributed by atoms with van der Waals surface area (Å²) in [6, 6.07) is 6.33. The lowest BCUT2D eigenvalue weighted by Crippen LogP contribution is -2.28. The Bertz CT molecular complexity index is 382. The molecular weight excluding hydrogens is 301 g/mol. The van der Waals surface area contributed by atoms with Gasteiger partial charge in [-0.3, -0.25) is 4.79 Å². The number of hydrogen-bond acceptors (Lipinski definition) is 1. The molecule has 80 valence electrons. The van der Waals surface area contributed by atoms with Crippen LogP contribution in [0.4, 0.5) is 0 Å². The van der Waals surface area contributed by atoms with E-state index in [9.17, 15) is 4.79 Å². The highest BCUT2D eigenvalue weighted by molar-refractivity contribution is 14.1. The van der Waals surface area contributed by atoms with Crippen LogP contribution in [0, 0.1) is 16.4 Å². The van der Waals surface area contributed by atoms with Crippen LogP contribution in [0.1, 0.15) is 29.3 Å². The van der Waals surface area contributed by atoms with Crippen LogP contribution in [0.15, 0.2) is 18.2 Å². The average molecular weight is 315 g/mol. The van der Waals surface area contributed by atoms with Crippen LogP contribution in [0.2, 0.25) is 0 Å². The number of halogens is 1. The van der Waals surface area contributed by atoms with Crippen LogP contribution in [-0.2, 0) is 0 Å². The van der Waals surface area contributed by atoms with Gasteiger partial charge in [0.2, 0.25) is 0 Å². The van der Waals surface area contributed by atoms with Crippen LogP contribution in [0.25, 0.3) is 0 Å². The molecule has 1 aromatic rings. The molecule has 1 N–H and O–H groups in total. The van der Waals surface area contributed by atoms with Crippen molar-refractivity contribution in [2.45, 2.75) is 26.3 Å². The Morgan fingerprint density at radius 1 is 1.53 bits per heavy atom. The lowest BCUT2D eigenvalue weighted by atomic mass is 10.1. The van der Waals surface area contributed by atoms with Crippen LogP contribution in [-0.4, -0.2) is 11.9 Å². The summed E-state index contributed by atoms with van der Waals surface area (Å²) in [5.41, 5.74) is 1.88. The number of hydrogen-bond donors (Lipinski definition) is 1. The van der Waals surface area contributed by atoms with Gasteiger partial charge in [0.15, 0.2) is 0 Å². The van der Waals surface area contributed by atoms with Crippen LogP contribution in [0.3, 0.4) is 0 Å². The molecule has 0 unspecified atom stereocenters. The molecule has 0 radical (unpaired) electrons. The van der Waals surface area contributed by atoms with E-state index in [1.54, 1.807) is 0 Å². The Morgan fingerprint density at radius 3 is 2.73 bits per heavy atom. The molecule has 1 fully saturated rings. The standard InChI is InChI=1S/C12H14INO/c1-7-4-3-5-9(13)11(7)12(15)14-10-6-8(10)2/h3-5,8,10H,6H2,1-2H3,(H,14,15)/t8-,10-/m0/s1. The van der Waals surface area contributed by atoms with E-state index in [0.717, 1.165) is 21.1 Å². The molecule has 0 spiro atoms. The molecule has 1 aliphatic rings. The van der Waals surface area contributed by atoms with Gasteiger partial charge in [-0.1, -0.05) is 19.1 Å². The summed E-state index contributed by atoms with van der Waals surface area (Å²) in [5.74, 6) is 0.725. The number of benzene rings is 1. The van der Waals surface area contributed by atoms with Gasteiger partial charge in [-0.15, -0.1) is 0 Å². The molecule has 1 aliphatic carbocycles. The second-order valence-corrected chi connectivity index (χ2v) is 5.39. The summed E-state index contributed by atoms with van der Waals surface area (Å²) in [6.07, 6.45) is 1.12. The first-order valence-electron chi connectivity index (χ1n) is 5.15. The Labute approximate surface area is 104 Å². The molecule has 15 heavy (non-hydrogen) atoms. The molecule has 0 aliphatic heterocycles. The minimum absolute atomic E-state index is 0.0758. The van der Waals surface area contributed by atoms with Gasteiger partial charge < -0.3 is 5.32 Å². The highest BCUT2D eigenvalue weighted by Crippen LogP contribution is 2.29. The fourth-order valence-electron chi connectivity index (χ4n) is 1.68. The maximum Gasteiger partial charge on any atom is 0.252 e. The average Bonchev–Trinajstić information content (AvgIpc) is 2.81. The van der Waals surface area contributed by atoms with Gasteiger partial charge in [0.25, 0.3) is 5.91 Å². The molecule has 1 saturated carbocycles. The van der Waals surface area contributed by atoms with Crippen molar-refractivity contribution in [1.82, 2.24) is 5.32 Å². The van der Waals surface area contributed by atoms with E-state index in [1.165, 1.54) is 0 Å². The van der Waals surface area contributed by atoms with Crippen molar-refractivity contribution in [2.75, 3.05) is 0 Å². The van der Waals surface area contributed by atoms with Gasteiger partial charge in [0.1, 0.15) is 0 Å². The largest absolute Gasteiger partial charge is 0.349 e. The summed E-state index contributed by atoms with van der Waals surface area (Å²) in [5, 5.41) is 3.06. The molecule has 2 atom stereocenters. The molecule has 0 aromatic heterocycles. The Kier molecular flexibility index (Phi) is 3.00. The maximum atomic E-state index is 12.0. The molecule has 2 nitrogen and oxygen atoms in total. The highest BCUT2D eigenvalue weighted by Gasteiger charge is 2.34. The summed E-state index contributed by atoms with van der Waals surface area (Å²) < 4.78 is 1.03. The van der Waals surface area contributed by atoms with Gasteiger partial charge in [-0.25, -0.2) is 0 Å². The summed E-state index contributed by atoms with van der Waals surface area (Å²) in [6.45, 7) is 4.14. The predicted octanol–water partition coefficient (Wildman–Crippen LogP) is 2.74. The van der Waals surface area contributed by atoms with Crippen molar-refractivity contribution in [3.63, 3.8) is 0 Å². The number of amides is 1. The van der Waals surface area contributed by atoms with Gasteiger partial charge in [0, 0.05) is 9.61 Å². The van der Waals surface area contributed by atoms with Crippen molar-refractivity contribution in [1.29, 1.82) is 0 Å². The summed E-state index contributed by atoms with van der Waals surface area (Å²) in [4.78, 5) is 12.0. The SMILES string of the molecule is Cc1cccc(I)c1C(=O)N[C@H]1C[C@@H]1C. The van der Waals surface area contributed by atoms with E-state index in [-0.39, 0.29) is 5.91 Å². The third kappa shape index (κ3) is 2.33. The Hall–Kier alpha value is -0.580. The lowest BCUT2D eigenvalue weighted by molar-refractivity contribution is 0.0948. The smallest absolute Gasteiger partial charge is 0.252 e. The predicted molar refractivity (Wildman–Crippen MR) is 68.9 cm³/mol. The zero-order valence-corrected chi connectivity index (χ0v) is 11.0. The van der Waals surface area contributed by atoms with E-state index in [2.05, 4.69) is 34.8 Å². The number of carbonyl (C=O) groups excluding carboxylic acids is 1. The first-order chi connectivity index (χ1) is 7.09. The fourth-order valence-corrected chi connectivity index (χ4v) is 2.56. The van der Waals surface area contributed by atoms with Crippen molar-refractivity contribution in [2.24, 2.45) is 5.92 Å². The molecule has 1 amide bonds. The number of aryl methyl sites for hydroxylation is 1. The summed E-state index contributed by atoms with van der Waals surface area (Å²) in [7, 11) is 0. The van der Waals surface area contributed by atoms with Gasteiger partial charge in [-0.05, 0) is 53.5 Å². The third-order valence-electron chi connectivity index (χ3n) is 2.87. The van der Waals surface area contributed by atoms with E-state index < -0.39 is 0 Å². The first-order valence-corrected chi connectivity index (χ1v) is 6.23. The van der Waals surface area contributed by atoms with E-state index in [1.807, 2.05) is 25.1 Å². The Morgan fingerprint density at radius 2 is 2.20 bits per heavy atom. The van der Waals surface area contributed by atoms with Gasteiger partial charge in [0.05, 0.1) is 5.56 Å². The van der Waals surface area contributed by atoms with Crippen LogP contribution >= 0.6 is 22.6 Å². The van der Waals surface area contributed by atoms with E-state index in [0.29, 0.717) is 12.0 Å². The Balaban J connectivity index is 2.17. The fraction of sp³-hybridized carbons (Fsp3) is 0.417. The van der Waals surface area contributed by atoms with Gasteiger partial charge >= 0.3 is 0 Å². The summed E-state index contributed by atoms with van der Waals surface area (Å²) >= 11 is 2.21. The molecule has 0 heterocycles. The molecule has 0 saturated heterocycles. The quantitative estimate of drug-likeness (QED) is 0.836. The molecule has 2 rings (SSSR count). The minimum Gasteiger partial charge on any atom is -0.349 e. The van der Waals surface area contributed by atoms with E-state index in [4.69, 9.17) is 0 Å². The lowest BCUT2D eigenvalue weighted by Gasteiger charge is -2.08. The van der Waals surface area contributed by atoms with Crippen LogP contribution in [0.5, 0.6) is 0 Å². The number of rotatable bonds is 2. The zero-order valence-electron chi connectivity index (χ0n) is 8.88. The monoisotopic (exact) mass is 315 g/mol.